The number of hydrogen-bond acceptors (Lipinski definition) is 3. The van der Waals surface area contributed by atoms with Gasteiger partial charge in [-0.15, -0.1) is 0 Å². The van der Waals surface area contributed by atoms with Crippen LogP contribution in [0.3, 0.4) is 0 Å². The quantitative estimate of drug-likeness (QED) is 0.506. The van der Waals surface area contributed by atoms with Crippen molar-refractivity contribution in [1.82, 2.24) is 5.32 Å². The van der Waals surface area contributed by atoms with Crippen molar-refractivity contribution < 1.29 is 9.59 Å². The zero-order chi connectivity index (χ0) is 11.1. The summed E-state index contributed by atoms with van der Waals surface area (Å²) in [5.74, 6) is -0.00292. The van der Waals surface area contributed by atoms with Gasteiger partial charge >= 0.3 is 0 Å². The Morgan fingerprint density at radius 1 is 1.38 bits per heavy atom. The largest absolute Gasteiger partial charge is 0.359 e. The average molecular weight is 190 g/mol. The fraction of sp³-hybridized carbons (Fsp3) is 0.778. The highest BCUT2D eigenvalue weighted by molar-refractivity contribution is 5.75. The molecule has 80 valence electrons. The number of rotatable bonds is 4. The summed E-state index contributed by atoms with van der Waals surface area (Å²) in [5.41, 5.74) is 4.50. The molecule has 3 N–H and O–H groups in total. The van der Waals surface area contributed by atoms with Gasteiger partial charge in [0.1, 0.15) is 6.29 Å². The summed E-state index contributed by atoms with van der Waals surface area (Å²) in [7, 11) is 3.09. The SMILES string of the molecule is CC.CN.CNC(=O)CCCC=O. The molecule has 0 heterocycles. The van der Waals surface area contributed by atoms with E-state index in [1.54, 1.807) is 7.05 Å². The van der Waals surface area contributed by atoms with E-state index in [9.17, 15) is 9.59 Å². The molecule has 4 heteroatoms. The Morgan fingerprint density at radius 2 is 1.85 bits per heavy atom. The lowest BCUT2D eigenvalue weighted by Crippen LogP contribution is -2.16. The molecule has 1 amide bonds. The zero-order valence-corrected chi connectivity index (χ0v) is 9.09. The van der Waals surface area contributed by atoms with Gasteiger partial charge in [-0.1, -0.05) is 13.8 Å². The third kappa shape index (κ3) is 24.7. The Balaban J connectivity index is -0.000000218. The highest BCUT2D eigenvalue weighted by Crippen LogP contribution is 1.90. The van der Waals surface area contributed by atoms with E-state index in [1.165, 1.54) is 7.05 Å². The van der Waals surface area contributed by atoms with Gasteiger partial charge in [-0.05, 0) is 13.5 Å². The molecule has 4 nitrogen and oxygen atoms in total. The van der Waals surface area contributed by atoms with Gasteiger partial charge in [-0.25, -0.2) is 0 Å². The molecular formula is C9H22N2O2. The maximum absolute atomic E-state index is 10.5. The molecule has 0 radical (unpaired) electrons. The van der Waals surface area contributed by atoms with Crippen molar-refractivity contribution in [3.8, 4) is 0 Å². The fourth-order valence-electron chi connectivity index (χ4n) is 0.471. The van der Waals surface area contributed by atoms with Crippen LogP contribution in [0.5, 0.6) is 0 Å². The van der Waals surface area contributed by atoms with Crippen LogP contribution >= 0.6 is 0 Å². The Bertz CT molecular complexity index is 106. The van der Waals surface area contributed by atoms with Crippen molar-refractivity contribution in [3.63, 3.8) is 0 Å². The molecule has 0 unspecified atom stereocenters. The van der Waals surface area contributed by atoms with Gasteiger partial charge in [0.25, 0.3) is 0 Å². The summed E-state index contributed by atoms with van der Waals surface area (Å²) in [6.45, 7) is 4.00. The molecule has 0 atom stereocenters. The predicted molar refractivity (Wildman–Crippen MR) is 55.4 cm³/mol. The van der Waals surface area contributed by atoms with Crippen LogP contribution in [0.4, 0.5) is 0 Å². The molecular weight excluding hydrogens is 168 g/mol. The molecule has 0 aliphatic rings. The Morgan fingerprint density at radius 3 is 2.15 bits per heavy atom. The van der Waals surface area contributed by atoms with Crippen molar-refractivity contribution >= 4 is 12.2 Å². The highest BCUT2D eigenvalue weighted by atomic mass is 16.1. The first-order valence-electron chi connectivity index (χ1n) is 4.53. The third-order valence-electron chi connectivity index (χ3n) is 1.00. The average Bonchev–Trinajstić information content (AvgIpc) is 2.24. The molecule has 0 aliphatic carbocycles. The summed E-state index contributed by atoms with van der Waals surface area (Å²) in [6, 6.07) is 0. The van der Waals surface area contributed by atoms with Crippen LogP contribution in [-0.4, -0.2) is 26.3 Å². The van der Waals surface area contributed by atoms with Gasteiger partial charge in [0.05, 0.1) is 0 Å². The van der Waals surface area contributed by atoms with Gasteiger partial charge in [-0.2, -0.15) is 0 Å². The molecule has 0 saturated heterocycles. The van der Waals surface area contributed by atoms with Crippen molar-refractivity contribution in [2.75, 3.05) is 14.1 Å². The molecule has 0 saturated carbocycles. The predicted octanol–water partition coefficient (Wildman–Crippen LogP) is 0.703. The van der Waals surface area contributed by atoms with E-state index in [2.05, 4.69) is 11.1 Å². The van der Waals surface area contributed by atoms with Crippen LogP contribution in [0.1, 0.15) is 33.1 Å². The standard InChI is InChI=1S/C6H11NO2.C2H6.CH5N/c1-7-6(9)4-2-3-5-8;2*1-2/h5H,2-4H2,1H3,(H,7,9);1-2H3;2H2,1H3. The van der Waals surface area contributed by atoms with E-state index in [1.807, 2.05) is 13.8 Å². The maximum Gasteiger partial charge on any atom is 0.219 e. The summed E-state index contributed by atoms with van der Waals surface area (Å²) in [4.78, 5) is 20.2. The topological polar surface area (TPSA) is 72.2 Å². The Hall–Kier alpha value is -0.900. The summed E-state index contributed by atoms with van der Waals surface area (Å²) in [5, 5.41) is 2.47. The van der Waals surface area contributed by atoms with Crippen molar-refractivity contribution in [2.45, 2.75) is 33.1 Å². The van der Waals surface area contributed by atoms with Crippen molar-refractivity contribution in [1.29, 1.82) is 0 Å². The van der Waals surface area contributed by atoms with E-state index < -0.39 is 0 Å². The molecule has 0 aromatic rings. The second kappa shape index (κ2) is 22.5. The number of amides is 1. The van der Waals surface area contributed by atoms with Crippen molar-refractivity contribution in [2.24, 2.45) is 5.73 Å². The third-order valence-corrected chi connectivity index (χ3v) is 1.00. The summed E-state index contributed by atoms with van der Waals surface area (Å²) >= 11 is 0. The zero-order valence-electron chi connectivity index (χ0n) is 9.09. The molecule has 0 rings (SSSR count). The summed E-state index contributed by atoms with van der Waals surface area (Å²) < 4.78 is 0. The first kappa shape index (κ1) is 18.0. The minimum Gasteiger partial charge on any atom is -0.359 e. The Labute approximate surface area is 80.9 Å². The van der Waals surface area contributed by atoms with Gasteiger partial charge in [-0.3, -0.25) is 4.79 Å². The van der Waals surface area contributed by atoms with Crippen LogP contribution in [0.15, 0.2) is 0 Å². The minimum absolute atomic E-state index is 0.00292. The second-order valence-electron chi connectivity index (χ2n) is 1.73. The van der Waals surface area contributed by atoms with Gasteiger partial charge in [0.2, 0.25) is 5.91 Å². The molecule has 0 aliphatic heterocycles. The lowest BCUT2D eigenvalue weighted by molar-refractivity contribution is -0.120. The van der Waals surface area contributed by atoms with Gasteiger partial charge in [0.15, 0.2) is 0 Å². The molecule has 0 aromatic carbocycles. The number of carbonyl (C=O) groups is 2. The highest BCUT2D eigenvalue weighted by Gasteiger charge is 1.94. The monoisotopic (exact) mass is 190 g/mol. The first-order chi connectivity index (χ1) is 6.31. The van der Waals surface area contributed by atoms with E-state index >= 15 is 0 Å². The van der Waals surface area contributed by atoms with Gasteiger partial charge in [0, 0.05) is 19.9 Å². The molecule has 0 aromatic heterocycles. The van der Waals surface area contributed by atoms with E-state index in [0.29, 0.717) is 19.3 Å². The lowest BCUT2D eigenvalue weighted by atomic mass is 10.2. The molecule has 13 heavy (non-hydrogen) atoms. The smallest absolute Gasteiger partial charge is 0.219 e. The minimum atomic E-state index is -0.00292. The van der Waals surface area contributed by atoms with Crippen LogP contribution in [-0.2, 0) is 9.59 Å². The number of aldehydes is 1. The fourth-order valence-corrected chi connectivity index (χ4v) is 0.471. The van der Waals surface area contributed by atoms with Crippen LogP contribution in [0.25, 0.3) is 0 Å². The van der Waals surface area contributed by atoms with E-state index in [4.69, 9.17) is 0 Å². The normalized spacial score (nSPS) is 6.85. The second-order valence-corrected chi connectivity index (χ2v) is 1.73. The van der Waals surface area contributed by atoms with Crippen molar-refractivity contribution in [3.05, 3.63) is 0 Å². The number of nitrogens with one attached hydrogen (secondary N) is 1. The molecule has 0 bridgehead atoms. The Kier molecular flexibility index (Phi) is 31.1. The number of carbonyl (C=O) groups excluding carboxylic acids is 2. The van der Waals surface area contributed by atoms with Crippen LogP contribution < -0.4 is 11.1 Å². The number of nitrogens with two attached hydrogens (primary N) is 1. The molecule has 0 fully saturated rings. The van der Waals surface area contributed by atoms with E-state index in [-0.39, 0.29) is 5.91 Å². The number of unbranched alkanes of at least 4 members (excludes halogenated alkanes) is 1. The van der Waals surface area contributed by atoms with Crippen LogP contribution in [0, 0.1) is 0 Å². The van der Waals surface area contributed by atoms with Crippen LogP contribution in [0.2, 0.25) is 0 Å². The molecule has 0 spiro atoms. The lowest BCUT2D eigenvalue weighted by Gasteiger charge is -1.93. The van der Waals surface area contributed by atoms with E-state index in [0.717, 1.165) is 6.29 Å². The maximum atomic E-state index is 10.5. The van der Waals surface area contributed by atoms with Gasteiger partial charge < -0.3 is 15.8 Å². The summed E-state index contributed by atoms with van der Waals surface area (Å²) in [6.07, 6.45) is 2.41. The first-order valence-corrected chi connectivity index (χ1v) is 4.53. The number of hydrogen-bond donors (Lipinski definition) is 2.